The number of sulfonamides is 1. The van der Waals surface area contributed by atoms with E-state index in [4.69, 9.17) is 0 Å². The van der Waals surface area contributed by atoms with E-state index in [0.717, 1.165) is 4.88 Å². The molecule has 0 amide bonds. The molecule has 20 heavy (non-hydrogen) atoms. The van der Waals surface area contributed by atoms with Crippen molar-refractivity contribution in [3.05, 3.63) is 38.3 Å². The van der Waals surface area contributed by atoms with Crippen molar-refractivity contribution >= 4 is 27.2 Å². The van der Waals surface area contributed by atoms with E-state index in [1.807, 2.05) is 0 Å². The van der Waals surface area contributed by atoms with Crippen molar-refractivity contribution in [1.29, 1.82) is 0 Å². The number of thiophene rings is 1. The van der Waals surface area contributed by atoms with Crippen molar-refractivity contribution in [1.82, 2.24) is 15.5 Å². The molecule has 0 unspecified atom stereocenters. The third-order valence-electron chi connectivity index (χ3n) is 2.51. The summed E-state index contributed by atoms with van der Waals surface area (Å²) < 4.78 is 27.2. The van der Waals surface area contributed by atoms with E-state index >= 15 is 0 Å². The number of aromatic amines is 1. The summed E-state index contributed by atoms with van der Waals surface area (Å²) in [6.07, 6.45) is 0. The third-order valence-corrected chi connectivity index (χ3v) is 5.33. The fourth-order valence-electron chi connectivity index (χ4n) is 1.72. The summed E-state index contributed by atoms with van der Waals surface area (Å²) in [6, 6.07) is 2.52. The number of hydrogen-bond donors (Lipinski definition) is 3. The first-order valence-corrected chi connectivity index (χ1v) is 8.10. The molecule has 0 radical (unpaired) electrons. The standard InChI is InChI=1S/C11H14N4O3S2/c1-7-6-19-8(5-12-2)11(7)20(17,18)15-9-3-4-10(16)14-13-9/h3-4,6,12H,5H2,1-2H3,(H,13,15)(H,14,16). The smallest absolute Gasteiger partial charge is 0.264 e. The van der Waals surface area contributed by atoms with E-state index in [9.17, 15) is 13.2 Å². The Morgan fingerprint density at radius 3 is 2.75 bits per heavy atom. The van der Waals surface area contributed by atoms with Crippen LogP contribution in [0.5, 0.6) is 0 Å². The Morgan fingerprint density at radius 1 is 1.40 bits per heavy atom. The van der Waals surface area contributed by atoms with Gasteiger partial charge in [0.2, 0.25) is 0 Å². The molecular weight excluding hydrogens is 300 g/mol. The number of aryl methyl sites for hydroxylation is 1. The Balaban J connectivity index is 2.37. The number of H-pyrrole nitrogens is 1. The molecule has 2 aromatic heterocycles. The molecule has 108 valence electrons. The van der Waals surface area contributed by atoms with E-state index in [1.54, 1.807) is 19.4 Å². The first-order chi connectivity index (χ1) is 9.44. The van der Waals surface area contributed by atoms with Crippen LogP contribution in [0, 0.1) is 6.92 Å². The maximum Gasteiger partial charge on any atom is 0.264 e. The number of rotatable bonds is 5. The fraction of sp³-hybridized carbons (Fsp3) is 0.273. The fourth-order valence-corrected chi connectivity index (χ4v) is 4.55. The lowest BCUT2D eigenvalue weighted by Gasteiger charge is -2.09. The molecule has 2 heterocycles. The summed E-state index contributed by atoms with van der Waals surface area (Å²) in [7, 11) is -1.98. The van der Waals surface area contributed by atoms with E-state index in [0.29, 0.717) is 12.1 Å². The molecule has 0 aromatic carbocycles. The maximum atomic E-state index is 12.4. The van der Waals surface area contributed by atoms with Crippen molar-refractivity contribution in [3.8, 4) is 0 Å². The Hall–Kier alpha value is -1.71. The molecule has 3 N–H and O–H groups in total. The topological polar surface area (TPSA) is 104 Å². The van der Waals surface area contributed by atoms with Gasteiger partial charge in [-0.15, -0.1) is 11.3 Å². The molecule has 0 bridgehead atoms. The van der Waals surface area contributed by atoms with Crippen molar-refractivity contribution in [2.45, 2.75) is 18.4 Å². The second-order valence-corrected chi connectivity index (χ2v) is 6.70. The van der Waals surface area contributed by atoms with Gasteiger partial charge in [0.15, 0.2) is 5.82 Å². The largest absolute Gasteiger partial charge is 0.315 e. The zero-order valence-electron chi connectivity index (χ0n) is 10.9. The predicted molar refractivity (Wildman–Crippen MR) is 77.5 cm³/mol. The van der Waals surface area contributed by atoms with E-state index in [-0.39, 0.29) is 10.7 Å². The molecule has 0 aliphatic heterocycles. The highest BCUT2D eigenvalue weighted by atomic mass is 32.2. The number of nitrogens with one attached hydrogen (secondary N) is 3. The lowest BCUT2D eigenvalue weighted by Crippen LogP contribution is -2.18. The number of aromatic nitrogens is 2. The molecule has 0 spiro atoms. The minimum atomic E-state index is -3.73. The van der Waals surface area contributed by atoms with Crippen LogP contribution in [0.2, 0.25) is 0 Å². The Bertz CT molecular complexity index is 744. The second kappa shape index (κ2) is 5.73. The van der Waals surface area contributed by atoms with E-state index in [1.165, 1.54) is 23.5 Å². The molecule has 2 aromatic rings. The van der Waals surface area contributed by atoms with Gasteiger partial charge in [0.05, 0.1) is 0 Å². The lowest BCUT2D eigenvalue weighted by molar-refractivity contribution is 0.599. The Kier molecular flexibility index (Phi) is 4.21. The molecule has 0 aliphatic carbocycles. The lowest BCUT2D eigenvalue weighted by atomic mass is 10.3. The van der Waals surface area contributed by atoms with Crippen molar-refractivity contribution in [2.24, 2.45) is 0 Å². The van der Waals surface area contributed by atoms with Gasteiger partial charge in [-0.05, 0) is 31.0 Å². The normalized spacial score (nSPS) is 11.5. The summed E-state index contributed by atoms with van der Waals surface area (Å²) >= 11 is 1.38. The number of nitrogens with zero attached hydrogens (tertiary/aromatic N) is 1. The van der Waals surface area contributed by atoms with Gasteiger partial charge in [0.25, 0.3) is 15.6 Å². The molecule has 0 aliphatic rings. The monoisotopic (exact) mass is 314 g/mol. The molecule has 2 rings (SSSR count). The molecule has 7 nitrogen and oxygen atoms in total. The van der Waals surface area contributed by atoms with Gasteiger partial charge in [0.1, 0.15) is 4.90 Å². The zero-order chi connectivity index (χ0) is 14.8. The van der Waals surface area contributed by atoms with Gasteiger partial charge in [0, 0.05) is 17.5 Å². The van der Waals surface area contributed by atoms with Gasteiger partial charge in [-0.1, -0.05) is 0 Å². The highest BCUT2D eigenvalue weighted by molar-refractivity contribution is 7.93. The van der Waals surface area contributed by atoms with Gasteiger partial charge in [-0.3, -0.25) is 9.52 Å². The van der Waals surface area contributed by atoms with Crippen LogP contribution in [0.4, 0.5) is 5.82 Å². The average molecular weight is 314 g/mol. The molecule has 9 heteroatoms. The highest BCUT2D eigenvalue weighted by Gasteiger charge is 2.23. The average Bonchev–Trinajstić information content (AvgIpc) is 2.74. The second-order valence-electron chi connectivity index (χ2n) is 4.11. The SMILES string of the molecule is CNCc1scc(C)c1S(=O)(=O)Nc1ccc(=O)[nH]n1. The van der Waals surface area contributed by atoms with Crippen molar-refractivity contribution in [3.63, 3.8) is 0 Å². The van der Waals surface area contributed by atoms with Crippen LogP contribution in [0.3, 0.4) is 0 Å². The van der Waals surface area contributed by atoms with Gasteiger partial charge >= 0.3 is 0 Å². The molecule has 0 fully saturated rings. The van der Waals surface area contributed by atoms with Crippen LogP contribution in [0.15, 0.2) is 27.2 Å². The van der Waals surface area contributed by atoms with Crippen LogP contribution in [-0.2, 0) is 16.6 Å². The first-order valence-electron chi connectivity index (χ1n) is 5.74. The van der Waals surface area contributed by atoms with Crippen molar-refractivity contribution < 1.29 is 8.42 Å². The summed E-state index contributed by atoms with van der Waals surface area (Å²) in [5.41, 5.74) is 0.285. The summed E-state index contributed by atoms with van der Waals surface area (Å²) in [5, 5.41) is 10.5. The predicted octanol–water partition coefficient (Wildman–Crippen LogP) is 0.660. The summed E-state index contributed by atoms with van der Waals surface area (Å²) in [4.78, 5) is 11.9. The third kappa shape index (κ3) is 3.06. The molecular formula is C11H14N4O3S2. The van der Waals surface area contributed by atoms with Crippen LogP contribution in [0.1, 0.15) is 10.4 Å². The first kappa shape index (κ1) is 14.7. The van der Waals surface area contributed by atoms with Gasteiger partial charge < -0.3 is 5.32 Å². The van der Waals surface area contributed by atoms with Crippen LogP contribution >= 0.6 is 11.3 Å². The van der Waals surface area contributed by atoms with Gasteiger partial charge in [-0.25, -0.2) is 13.5 Å². The minimum absolute atomic E-state index is 0.0746. The zero-order valence-corrected chi connectivity index (χ0v) is 12.6. The molecule has 0 saturated heterocycles. The van der Waals surface area contributed by atoms with E-state index < -0.39 is 15.6 Å². The number of hydrogen-bond acceptors (Lipinski definition) is 6. The summed E-state index contributed by atoms with van der Waals surface area (Å²) in [5.74, 6) is 0.0746. The summed E-state index contributed by atoms with van der Waals surface area (Å²) in [6.45, 7) is 2.21. The highest BCUT2D eigenvalue weighted by Crippen LogP contribution is 2.28. The minimum Gasteiger partial charge on any atom is -0.315 e. The van der Waals surface area contributed by atoms with E-state index in [2.05, 4.69) is 20.2 Å². The van der Waals surface area contributed by atoms with Gasteiger partial charge in [-0.2, -0.15) is 5.10 Å². The quantitative estimate of drug-likeness (QED) is 0.752. The van der Waals surface area contributed by atoms with Crippen molar-refractivity contribution in [2.75, 3.05) is 11.8 Å². The van der Waals surface area contributed by atoms with Crippen LogP contribution in [0.25, 0.3) is 0 Å². The molecule has 0 saturated carbocycles. The van der Waals surface area contributed by atoms with Crippen LogP contribution < -0.4 is 15.6 Å². The van der Waals surface area contributed by atoms with Crippen LogP contribution in [-0.4, -0.2) is 25.7 Å². The number of anilines is 1. The molecule has 0 atom stereocenters. The maximum absolute atomic E-state index is 12.4. The Labute approximate surface area is 120 Å². The Morgan fingerprint density at radius 2 is 2.15 bits per heavy atom.